The van der Waals surface area contributed by atoms with E-state index >= 15 is 0 Å². The molecule has 0 fully saturated rings. The molecule has 0 aliphatic heterocycles. The molecule has 0 saturated carbocycles. The quantitative estimate of drug-likeness (QED) is 0.671. The lowest BCUT2D eigenvalue weighted by Gasteiger charge is -2.09. The molecule has 7 nitrogen and oxygen atoms in total. The minimum absolute atomic E-state index is 0.108. The molecule has 27 heavy (non-hydrogen) atoms. The van der Waals surface area contributed by atoms with E-state index in [4.69, 9.17) is 4.74 Å². The smallest absolute Gasteiger partial charge is 0.263 e. The van der Waals surface area contributed by atoms with E-state index in [1.54, 1.807) is 36.4 Å². The average Bonchev–Trinajstić information content (AvgIpc) is 2.68. The van der Waals surface area contributed by atoms with Gasteiger partial charge in [-0.3, -0.25) is 9.71 Å². The van der Waals surface area contributed by atoms with Crippen molar-refractivity contribution in [1.82, 2.24) is 15.2 Å². The van der Waals surface area contributed by atoms with Gasteiger partial charge in [0.25, 0.3) is 10.0 Å². The first kappa shape index (κ1) is 18.8. The lowest BCUT2D eigenvalue weighted by atomic mass is 10.1. The van der Waals surface area contributed by atoms with Crippen LogP contribution in [-0.2, 0) is 10.0 Å². The van der Waals surface area contributed by atoms with Crippen LogP contribution in [-0.4, -0.2) is 30.2 Å². The summed E-state index contributed by atoms with van der Waals surface area (Å²) in [4.78, 5) is 3.94. The summed E-state index contributed by atoms with van der Waals surface area (Å²) < 4.78 is 32.7. The van der Waals surface area contributed by atoms with Crippen LogP contribution in [0.2, 0.25) is 0 Å². The maximum atomic E-state index is 12.3. The number of aromatic nitrogens is 3. The van der Waals surface area contributed by atoms with Crippen molar-refractivity contribution in [2.24, 2.45) is 5.92 Å². The largest absolute Gasteiger partial charge is 0.476 e. The van der Waals surface area contributed by atoms with Crippen molar-refractivity contribution in [2.45, 2.75) is 18.7 Å². The fraction of sp³-hybridized carbons (Fsp3) is 0.211. The summed E-state index contributed by atoms with van der Waals surface area (Å²) in [6.45, 7) is 4.71. The fourth-order valence-electron chi connectivity index (χ4n) is 2.23. The zero-order valence-corrected chi connectivity index (χ0v) is 15.8. The van der Waals surface area contributed by atoms with Crippen molar-refractivity contribution in [3.63, 3.8) is 0 Å². The Labute approximate surface area is 158 Å². The first-order chi connectivity index (χ1) is 12.9. The third-order valence-corrected chi connectivity index (χ3v) is 4.95. The van der Waals surface area contributed by atoms with Crippen LogP contribution < -0.4 is 9.46 Å². The highest BCUT2D eigenvalue weighted by atomic mass is 32.2. The molecule has 0 amide bonds. The van der Waals surface area contributed by atoms with E-state index in [0.717, 1.165) is 5.56 Å². The van der Waals surface area contributed by atoms with Crippen LogP contribution in [0.15, 0.2) is 65.8 Å². The van der Waals surface area contributed by atoms with E-state index in [1.807, 2.05) is 6.07 Å². The van der Waals surface area contributed by atoms with Gasteiger partial charge < -0.3 is 4.74 Å². The lowest BCUT2D eigenvalue weighted by Crippen LogP contribution is -2.12. The highest BCUT2D eigenvalue weighted by Crippen LogP contribution is 2.22. The first-order valence-corrected chi connectivity index (χ1v) is 9.92. The normalized spacial score (nSPS) is 11.4. The maximum absolute atomic E-state index is 12.3. The number of nitrogens with one attached hydrogen (secondary N) is 1. The Morgan fingerprint density at radius 3 is 2.41 bits per heavy atom. The van der Waals surface area contributed by atoms with Gasteiger partial charge in [0.1, 0.15) is 4.90 Å². The highest BCUT2D eigenvalue weighted by Gasteiger charge is 2.14. The van der Waals surface area contributed by atoms with Crippen LogP contribution in [0.4, 0.5) is 5.69 Å². The Morgan fingerprint density at radius 2 is 1.81 bits per heavy atom. The number of sulfonamides is 1. The molecule has 0 saturated heterocycles. The molecule has 0 aliphatic rings. The van der Waals surface area contributed by atoms with E-state index in [2.05, 4.69) is 33.8 Å². The Morgan fingerprint density at radius 1 is 1.04 bits per heavy atom. The molecule has 0 bridgehead atoms. The van der Waals surface area contributed by atoms with Crippen LogP contribution in [0.25, 0.3) is 11.3 Å². The van der Waals surface area contributed by atoms with Gasteiger partial charge in [-0.25, -0.2) is 8.42 Å². The second-order valence-electron chi connectivity index (χ2n) is 6.33. The number of nitrogens with zero attached hydrogens (tertiary/aromatic N) is 3. The number of anilines is 1. The molecule has 0 unspecified atom stereocenters. The molecule has 8 heteroatoms. The predicted octanol–water partition coefficient (Wildman–Crippen LogP) is 3.37. The number of benzene rings is 1. The van der Waals surface area contributed by atoms with Gasteiger partial charge in [0.15, 0.2) is 0 Å². The zero-order valence-electron chi connectivity index (χ0n) is 15.0. The maximum Gasteiger partial charge on any atom is 0.263 e. The van der Waals surface area contributed by atoms with E-state index < -0.39 is 10.0 Å². The molecule has 3 rings (SSSR count). The molecule has 0 aliphatic carbocycles. The third kappa shape index (κ3) is 5.01. The van der Waals surface area contributed by atoms with Crippen molar-refractivity contribution in [3.05, 3.63) is 60.9 Å². The van der Waals surface area contributed by atoms with E-state index in [9.17, 15) is 8.42 Å². The van der Waals surface area contributed by atoms with Crippen LogP contribution in [0, 0.1) is 5.92 Å². The summed E-state index contributed by atoms with van der Waals surface area (Å²) in [5.41, 5.74) is 1.95. The molecule has 140 valence electrons. The third-order valence-electron chi connectivity index (χ3n) is 3.58. The summed E-state index contributed by atoms with van der Waals surface area (Å²) >= 11 is 0. The molecular weight excluding hydrogens is 364 g/mol. The van der Waals surface area contributed by atoms with Crippen molar-refractivity contribution < 1.29 is 13.2 Å². The minimum atomic E-state index is -3.67. The number of pyridine rings is 1. The molecular formula is C19H20N4O3S. The summed E-state index contributed by atoms with van der Waals surface area (Å²) in [7, 11) is -3.67. The van der Waals surface area contributed by atoms with Gasteiger partial charge in [0, 0.05) is 29.7 Å². The van der Waals surface area contributed by atoms with Crippen LogP contribution in [0.3, 0.4) is 0 Å². The Bertz CT molecular complexity index is 974. The van der Waals surface area contributed by atoms with E-state index in [0.29, 0.717) is 29.8 Å². The second kappa shape index (κ2) is 8.13. The van der Waals surface area contributed by atoms with Gasteiger partial charge in [-0.15, -0.1) is 10.2 Å². The second-order valence-corrected chi connectivity index (χ2v) is 8.02. The summed E-state index contributed by atoms with van der Waals surface area (Å²) in [5, 5.41) is 8.21. The predicted molar refractivity (Wildman–Crippen MR) is 103 cm³/mol. The minimum Gasteiger partial charge on any atom is -0.476 e. The summed E-state index contributed by atoms with van der Waals surface area (Å²) in [6, 6.07) is 13.6. The van der Waals surface area contributed by atoms with E-state index in [-0.39, 0.29) is 4.90 Å². The standard InChI is InChI=1S/C19H20N4O3S/c1-14(2)13-26-19-10-9-18(21-22-19)15-5-7-16(8-6-15)23-27(24,25)17-4-3-11-20-12-17/h3-12,14,23H,13H2,1-2H3. The molecule has 1 N–H and O–H groups in total. The van der Waals surface area contributed by atoms with Crippen LogP contribution >= 0.6 is 0 Å². The van der Waals surface area contributed by atoms with Crippen LogP contribution in [0.5, 0.6) is 5.88 Å². The molecule has 0 atom stereocenters. The van der Waals surface area contributed by atoms with Gasteiger partial charge in [-0.05, 0) is 36.2 Å². The van der Waals surface area contributed by atoms with Crippen molar-refractivity contribution in [1.29, 1.82) is 0 Å². The van der Waals surface area contributed by atoms with Crippen molar-refractivity contribution in [3.8, 4) is 17.1 Å². The first-order valence-electron chi connectivity index (χ1n) is 8.44. The molecule has 0 spiro atoms. The van der Waals surface area contributed by atoms with Gasteiger partial charge in [0.05, 0.1) is 12.3 Å². The summed E-state index contributed by atoms with van der Waals surface area (Å²) in [5.74, 6) is 0.891. The number of hydrogen-bond acceptors (Lipinski definition) is 6. The van der Waals surface area contributed by atoms with Gasteiger partial charge >= 0.3 is 0 Å². The molecule has 0 radical (unpaired) electrons. The van der Waals surface area contributed by atoms with E-state index in [1.165, 1.54) is 18.5 Å². The van der Waals surface area contributed by atoms with Crippen molar-refractivity contribution >= 4 is 15.7 Å². The lowest BCUT2D eigenvalue weighted by molar-refractivity contribution is 0.258. The molecule has 3 aromatic rings. The SMILES string of the molecule is CC(C)COc1ccc(-c2ccc(NS(=O)(=O)c3cccnc3)cc2)nn1. The summed E-state index contributed by atoms with van der Waals surface area (Å²) in [6.07, 6.45) is 2.82. The average molecular weight is 384 g/mol. The van der Waals surface area contributed by atoms with Crippen LogP contribution in [0.1, 0.15) is 13.8 Å². The Hall–Kier alpha value is -3.00. The zero-order chi connectivity index (χ0) is 19.3. The monoisotopic (exact) mass is 384 g/mol. The number of rotatable bonds is 7. The number of ether oxygens (including phenoxy) is 1. The fourth-order valence-corrected chi connectivity index (χ4v) is 3.25. The topological polar surface area (TPSA) is 94.1 Å². The highest BCUT2D eigenvalue weighted by molar-refractivity contribution is 7.92. The molecule has 2 heterocycles. The Balaban J connectivity index is 1.70. The Kier molecular flexibility index (Phi) is 5.66. The van der Waals surface area contributed by atoms with Crippen molar-refractivity contribution in [2.75, 3.05) is 11.3 Å². The molecule has 1 aromatic carbocycles. The number of hydrogen-bond donors (Lipinski definition) is 1. The molecule has 2 aromatic heterocycles. The van der Waals surface area contributed by atoms with Gasteiger partial charge in [-0.1, -0.05) is 26.0 Å². The van der Waals surface area contributed by atoms with Gasteiger partial charge in [0.2, 0.25) is 5.88 Å². The van der Waals surface area contributed by atoms with Gasteiger partial charge in [-0.2, -0.15) is 0 Å².